The number of halogens is 1. The van der Waals surface area contributed by atoms with Gasteiger partial charge in [0, 0.05) is 29.7 Å². The molecule has 0 aliphatic carbocycles. The summed E-state index contributed by atoms with van der Waals surface area (Å²) in [4.78, 5) is 13.4. The highest BCUT2D eigenvalue weighted by molar-refractivity contribution is 6.30. The number of nitrogens with zero attached hydrogens (tertiary/aromatic N) is 1. The molecule has 0 amide bonds. The number of likely N-dealkylation sites (N-methyl/N-ethyl adjacent to an activating group) is 1. The van der Waals surface area contributed by atoms with Crippen molar-refractivity contribution in [1.82, 2.24) is 4.90 Å². The molecule has 1 heterocycles. The molecule has 20 heavy (non-hydrogen) atoms. The number of hydrogen-bond donors (Lipinski definition) is 1. The maximum Gasteiger partial charge on any atom is 0.310 e. The first kappa shape index (κ1) is 14.9. The number of carbonyl (C=O) groups is 1. The van der Waals surface area contributed by atoms with Crippen molar-refractivity contribution in [2.45, 2.75) is 18.9 Å². The quantitative estimate of drug-likeness (QED) is 0.903. The Morgan fingerprint density at radius 1 is 1.50 bits per heavy atom. The largest absolute Gasteiger partial charge is 0.493 e. The highest BCUT2D eigenvalue weighted by Crippen LogP contribution is 2.40. The van der Waals surface area contributed by atoms with Crippen molar-refractivity contribution in [2.24, 2.45) is 0 Å². The summed E-state index contributed by atoms with van der Waals surface area (Å²) in [6, 6.07) is 3.26. The van der Waals surface area contributed by atoms with Crippen LogP contribution in [0.2, 0.25) is 5.02 Å². The predicted octanol–water partition coefficient (Wildman–Crippen LogP) is 2.23. The molecular weight excluding hydrogens is 282 g/mol. The van der Waals surface area contributed by atoms with Crippen LogP contribution in [0.15, 0.2) is 12.1 Å². The van der Waals surface area contributed by atoms with E-state index in [9.17, 15) is 9.90 Å². The van der Waals surface area contributed by atoms with Crippen LogP contribution < -0.4 is 9.47 Å². The summed E-state index contributed by atoms with van der Waals surface area (Å²) < 4.78 is 11.2. The van der Waals surface area contributed by atoms with Gasteiger partial charge >= 0.3 is 5.97 Å². The number of benzene rings is 1. The second-order valence-corrected chi connectivity index (χ2v) is 5.48. The fourth-order valence-corrected chi connectivity index (χ4v) is 2.42. The minimum Gasteiger partial charge on any atom is -0.493 e. The number of rotatable bonds is 5. The summed E-state index contributed by atoms with van der Waals surface area (Å²) in [7, 11) is 3.51. The lowest BCUT2D eigenvalue weighted by atomic mass is 9.99. The molecule has 1 unspecified atom stereocenters. The van der Waals surface area contributed by atoms with Gasteiger partial charge in [-0.1, -0.05) is 11.6 Å². The number of carboxylic acid groups (broad SMARTS) is 1. The minimum absolute atomic E-state index is 0.0508. The summed E-state index contributed by atoms with van der Waals surface area (Å²) in [6.07, 6.45) is 0.0508. The molecule has 0 spiro atoms. The van der Waals surface area contributed by atoms with Gasteiger partial charge in [0.2, 0.25) is 0 Å². The zero-order valence-electron chi connectivity index (χ0n) is 11.7. The Balaban J connectivity index is 2.36. The molecule has 1 aromatic rings. The molecule has 110 valence electrons. The molecule has 1 aliphatic rings. The highest BCUT2D eigenvalue weighted by atomic mass is 35.5. The average molecular weight is 300 g/mol. The Bertz CT molecular complexity index is 514. The Kier molecular flexibility index (Phi) is 4.40. The van der Waals surface area contributed by atoms with Crippen LogP contribution in [0.3, 0.4) is 0 Å². The number of likely N-dealkylation sites (tertiary alicyclic amines) is 1. The van der Waals surface area contributed by atoms with Crippen molar-refractivity contribution < 1.29 is 19.4 Å². The standard InChI is InChI=1S/C14H18ClNO4/c1-8(14(17)18)11-4-9(15)5-12(19-3)13(11)20-10-6-16(2)7-10/h4-5,8,10H,6-7H2,1-3H3,(H,17,18). The second kappa shape index (κ2) is 5.89. The van der Waals surface area contributed by atoms with Crippen molar-refractivity contribution >= 4 is 17.6 Å². The van der Waals surface area contributed by atoms with E-state index in [4.69, 9.17) is 21.1 Å². The third-order valence-corrected chi connectivity index (χ3v) is 3.64. The Morgan fingerprint density at radius 2 is 2.15 bits per heavy atom. The second-order valence-electron chi connectivity index (χ2n) is 5.05. The van der Waals surface area contributed by atoms with Crippen molar-refractivity contribution in [3.63, 3.8) is 0 Å². The van der Waals surface area contributed by atoms with Gasteiger partial charge in [-0.15, -0.1) is 0 Å². The third-order valence-electron chi connectivity index (χ3n) is 3.42. The summed E-state index contributed by atoms with van der Waals surface area (Å²) in [5.74, 6) is -0.694. The van der Waals surface area contributed by atoms with Crippen molar-refractivity contribution in [3.8, 4) is 11.5 Å². The van der Waals surface area contributed by atoms with E-state index >= 15 is 0 Å². The first-order valence-corrected chi connectivity index (χ1v) is 6.75. The fourth-order valence-electron chi connectivity index (χ4n) is 2.20. The van der Waals surface area contributed by atoms with Gasteiger partial charge in [-0.25, -0.2) is 0 Å². The van der Waals surface area contributed by atoms with Crippen LogP contribution in [-0.2, 0) is 4.79 Å². The molecule has 1 aliphatic heterocycles. The Morgan fingerprint density at radius 3 is 2.65 bits per heavy atom. The maximum absolute atomic E-state index is 11.2. The molecule has 0 aromatic heterocycles. The summed E-state index contributed by atoms with van der Waals surface area (Å²) in [5, 5.41) is 9.65. The van der Waals surface area contributed by atoms with E-state index in [0.29, 0.717) is 22.1 Å². The summed E-state index contributed by atoms with van der Waals surface area (Å²) in [6.45, 7) is 3.23. The van der Waals surface area contributed by atoms with Gasteiger partial charge in [0.05, 0.1) is 13.0 Å². The lowest BCUT2D eigenvalue weighted by molar-refractivity contribution is -0.138. The van der Waals surface area contributed by atoms with E-state index in [0.717, 1.165) is 13.1 Å². The van der Waals surface area contributed by atoms with Gasteiger partial charge in [-0.2, -0.15) is 0 Å². The zero-order valence-corrected chi connectivity index (χ0v) is 12.5. The number of aliphatic carboxylic acids is 1. The summed E-state index contributed by atoms with van der Waals surface area (Å²) >= 11 is 6.02. The summed E-state index contributed by atoms with van der Waals surface area (Å²) in [5.41, 5.74) is 0.538. The van der Waals surface area contributed by atoms with E-state index in [2.05, 4.69) is 4.90 Å². The first-order chi connectivity index (χ1) is 9.42. The van der Waals surface area contributed by atoms with E-state index in [1.807, 2.05) is 7.05 Å². The Hall–Kier alpha value is -1.46. The van der Waals surface area contributed by atoms with Crippen molar-refractivity contribution in [1.29, 1.82) is 0 Å². The van der Waals surface area contributed by atoms with Crippen LogP contribution in [0.25, 0.3) is 0 Å². The van der Waals surface area contributed by atoms with Crippen LogP contribution in [0.5, 0.6) is 11.5 Å². The number of hydrogen-bond acceptors (Lipinski definition) is 4. The van der Waals surface area contributed by atoms with Crippen LogP contribution in [0.4, 0.5) is 0 Å². The van der Waals surface area contributed by atoms with Crippen molar-refractivity contribution in [3.05, 3.63) is 22.7 Å². The molecular formula is C14H18ClNO4. The molecule has 0 bridgehead atoms. The fraction of sp³-hybridized carbons (Fsp3) is 0.500. The molecule has 0 saturated carbocycles. The van der Waals surface area contributed by atoms with Gasteiger partial charge in [0.25, 0.3) is 0 Å². The number of ether oxygens (including phenoxy) is 2. The highest BCUT2D eigenvalue weighted by Gasteiger charge is 2.29. The van der Waals surface area contributed by atoms with E-state index in [1.165, 1.54) is 7.11 Å². The van der Waals surface area contributed by atoms with Gasteiger partial charge in [0.1, 0.15) is 6.10 Å². The first-order valence-electron chi connectivity index (χ1n) is 6.37. The van der Waals surface area contributed by atoms with Gasteiger partial charge in [0.15, 0.2) is 11.5 Å². The maximum atomic E-state index is 11.2. The zero-order chi connectivity index (χ0) is 14.9. The third kappa shape index (κ3) is 2.99. The molecule has 6 heteroatoms. The minimum atomic E-state index is -0.926. The normalized spacial score (nSPS) is 17.4. The molecule has 1 aromatic carbocycles. The number of carboxylic acids is 1. The van der Waals surface area contributed by atoms with Gasteiger partial charge in [-0.05, 0) is 20.0 Å². The van der Waals surface area contributed by atoms with Crippen LogP contribution >= 0.6 is 11.6 Å². The van der Waals surface area contributed by atoms with Crippen LogP contribution in [-0.4, -0.2) is 49.3 Å². The smallest absolute Gasteiger partial charge is 0.310 e. The van der Waals surface area contributed by atoms with Crippen LogP contribution in [0, 0.1) is 0 Å². The average Bonchev–Trinajstić information content (AvgIpc) is 2.36. The molecule has 2 rings (SSSR count). The molecule has 1 atom stereocenters. The molecule has 1 saturated heterocycles. The van der Waals surface area contributed by atoms with E-state index in [1.54, 1.807) is 19.1 Å². The number of methoxy groups -OCH3 is 1. The van der Waals surface area contributed by atoms with E-state index < -0.39 is 11.9 Å². The molecule has 1 N–H and O–H groups in total. The van der Waals surface area contributed by atoms with Crippen LogP contribution in [0.1, 0.15) is 18.4 Å². The Labute approximate surface area is 123 Å². The SMILES string of the molecule is COc1cc(Cl)cc(C(C)C(=O)O)c1OC1CN(C)C1. The topological polar surface area (TPSA) is 59.0 Å². The molecule has 1 fully saturated rings. The lowest BCUT2D eigenvalue weighted by Crippen LogP contribution is -2.51. The van der Waals surface area contributed by atoms with Crippen molar-refractivity contribution in [2.75, 3.05) is 27.2 Å². The van der Waals surface area contributed by atoms with E-state index in [-0.39, 0.29) is 6.10 Å². The molecule has 0 radical (unpaired) electrons. The predicted molar refractivity (Wildman–Crippen MR) is 76.0 cm³/mol. The van der Waals surface area contributed by atoms with Gasteiger partial charge < -0.3 is 14.6 Å². The van der Waals surface area contributed by atoms with Gasteiger partial charge in [-0.3, -0.25) is 9.69 Å². The lowest BCUT2D eigenvalue weighted by Gasteiger charge is -2.37. The monoisotopic (exact) mass is 299 g/mol. The molecule has 5 nitrogen and oxygen atoms in total.